The van der Waals surface area contributed by atoms with Crippen molar-refractivity contribution in [1.29, 1.82) is 0 Å². The van der Waals surface area contributed by atoms with Crippen LogP contribution in [-0.4, -0.2) is 34.5 Å². The minimum absolute atomic E-state index is 0.100. The summed E-state index contributed by atoms with van der Waals surface area (Å²) in [7, 11) is 1.87. The fourth-order valence-electron chi connectivity index (χ4n) is 3.34. The third-order valence-electron chi connectivity index (χ3n) is 5.12. The lowest BCUT2D eigenvalue weighted by Crippen LogP contribution is -2.31. The van der Waals surface area contributed by atoms with Crippen molar-refractivity contribution >= 4 is 28.3 Å². The van der Waals surface area contributed by atoms with Gasteiger partial charge in [0, 0.05) is 36.1 Å². The molecule has 0 spiro atoms. The van der Waals surface area contributed by atoms with Crippen LogP contribution in [0.25, 0.3) is 22.3 Å². The molecule has 2 heterocycles. The van der Waals surface area contributed by atoms with E-state index in [1.165, 1.54) is 0 Å². The zero-order chi connectivity index (χ0) is 21.1. The average Bonchev–Trinajstić information content (AvgIpc) is 2.76. The lowest BCUT2D eigenvalue weighted by atomic mass is 10.1. The fraction of sp³-hybridized carbons (Fsp3) is 0.167. The summed E-state index contributed by atoms with van der Waals surface area (Å²) in [5.74, 6) is 1.19. The highest BCUT2D eigenvalue weighted by molar-refractivity contribution is 5.97. The Labute approximate surface area is 175 Å². The second kappa shape index (κ2) is 8.29. The average molecular weight is 397 g/mol. The molecule has 0 aliphatic heterocycles. The van der Waals surface area contributed by atoms with Crippen LogP contribution in [0.3, 0.4) is 0 Å². The maximum absolute atomic E-state index is 12.7. The molecule has 6 nitrogen and oxygen atoms in total. The number of fused-ring (bicyclic) bond motifs is 1. The summed E-state index contributed by atoms with van der Waals surface area (Å²) >= 11 is 0. The Kier molecular flexibility index (Phi) is 5.39. The summed E-state index contributed by atoms with van der Waals surface area (Å²) in [6.07, 6.45) is 3.45. The minimum atomic E-state index is -0.100. The quantitative estimate of drug-likeness (QED) is 0.541. The Morgan fingerprint density at radius 1 is 1.00 bits per heavy atom. The number of para-hydroxylation sites is 1. The van der Waals surface area contributed by atoms with Gasteiger partial charge in [-0.15, -0.1) is 0 Å². The Morgan fingerprint density at radius 2 is 1.83 bits per heavy atom. The number of nitrogens with zero attached hydrogens (tertiary/aromatic N) is 4. The van der Waals surface area contributed by atoms with Crippen LogP contribution in [0, 0.1) is 13.8 Å². The molecular formula is C24H23N5O. The molecule has 0 saturated heterocycles. The first-order chi connectivity index (χ1) is 14.5. The van der Waals surface area contributed by atoms with E-state index < -0.39 is 0 Å². The van der Waals surface area contributed by atoms with E-state index in [-0.39, 0.29) is 12.5 Å². The van der Waals surface area contributed by atoms with Crippen LogP contribution in [0.15, 0.2) is 67.0 Å². The molecule has 6 heteroatoms. The molecule has 0 radical (unpaired) electrons. The molecular weight excluding hydrogens is 374 g/mol. The van der Waals surface area contributed by atoms with Crippen LogP contribution in [0.5, 0.6) is 0 Å². The number of likely N-dealkylation sites (N-methyl/N-ethyl adjacent to an activating group) is 1. The summed E-state index contributed by atoms with van der Waals surface area (Å²) in [6, 6.07) is 17.5. The molecule has 4 rings (SSSR count). The second-order valence-electron chi connectivity index (χ2n) is 7.28. The van der Waals surface area contributed by atoms with Gasteiger partial charge in [-0.2, -0.15) is 0 Å². The number of benzene rings is 2. The van der Waals surface area contributed by atoms with Crippen LogP contribution in [-0.2, 0) is 4.79 Å². The number of pyridine rings is 1. The topological polar surface area (TPSA) is 71.0 Å². The van der Waals surface area contributed by atoms with Crippen LogP contribution >= 0.6 is 0 Å². The summed E-state index contributed by atoms with van der Waals surface area (Å²) in [5, 5.41) is 3.91. The highest BCUT2D eigenvalue weighted by Crippen LogP contribution is 2.26. The van der Waals surface area contributed by atoms with E-state index >= 15 is 0 Å². The number of rotatable bonds is 5. The van der Waals surface area contributed by atoms with Crippen molar-refractivity contribution in [2.45, 2.75) is 13.8 Å². The molecule has 0 atom stereocenters. The van der Waals surface area contributed by atoms with Crippen molar-refractivity contribution in [3.8, 4) is 11.4 Å². The molecule has 2 aromatic carbocycles. The standard InChI is InChI=1S/C24H23N5O/c1-16-8-6-12-20(17(16)2)26-22(30)15-29(3)24-19-10-4-5-11-21(19)27-23(28-24)18-9-7-13-25-14-18/h4-14H,15H2,1-3H3,(H,26,30). The Bertz CT molecular complexity index is 1210. The first kappa shape index (κ1) is 19.5. The molecule has 150 valence electrons. The first-order valence-electron chi connectivity index (χ1n) is 9.77. The number of anilines is 2. The van der Waals surface area contributed by atoms with Crippen LogP contribution in [0.4, 0.5) is 11.5 Å². The van der Waals surface area contributed by atoms with E-state index in [0.29, 0.717) is 11.6 Å². The largest absolute Gasteiger partial charge is 0.350 e. The van der Waals surface area contributed by atoms with Crippen molar-refractivity contribution in [3.63, 3.8) is 0 Å². The van der Waals surface area contributed by atoms with E-state index in [1.54, 1.807) is 12.4 Å². The van der Waals surface area contributed by atoms with Gasteiger partial charge in [-0.05, 0) is 55.3 Å². The zero-order valence-corrected chi connectivity index (χ0v) is 17.3. The molecule has 0 saturated carbocycles. The molecule has 0 unspecified atom stereocenters. The molecule has 0 aliphatic carbocycles. The van der Waals surface area contributed by atoms with Gasteiger partial charge in [0.25, 0.3) is 0 Å². The van der Waals surface area contributed by atoms with E-state index in [0.717, 1.165) is 33.3 Å². The first-order valence-corrected chi connectivity index (χ1v) is 9.77. The van der Waals surface area contributed by atoms with Crippen LogP contribution < -0.4 is 10.2 Å². The number of nitrogens with one attached hydrogen (secondary N) is 1. The van der Waals surface area contributed by atoms with Crippen molar-refractivity contribution in [1.82, 2.24) is 15.0 Å². The molecule has 0 bridgehead atoms. The van der Waals surface area contributed by atoms with Crippen molar-refractivity contribution < 1.29 is 4.79 Å². The third kappa shape index (κ3) is 3.98. The minimum Gasteiger partial charge on any atom is -0.350 e. The fourth-order valence-corrected chi connectivity index (χ4v) is 3.34. The van der Waals surface area contributed by atoms with E-state index in [1.807, 2.05) is 80.4 Å². The predicted octanol–water partition coefficient (Wildman–Crippen LogP) is 4.38. The Balaban J connectivity index is 1.64. The zero-order valence-electron chi connectivity index (χ0n) is 17.3. The number of aryl methyl sites for hydroxylation is 1. The number of carbonyl (C=O) groups is 1. The van der Waals surface area contributed by atoms with Crippen molar-refractivity contribution in [3.05, 3.63) is 78.1 Å². The van der Waals surface area contributed by atoms with Crippen LogP contribution in [0.1, 0.15) is 11.1 Å². The SMILES string of the molecule is Cc1cccc(NC(=O)CN(C)c2nc(-c3cccnc3)nc3ccccc23)c1C. The lowest BCUT2D eigenvalue weighted by molar-refractivity contribution is -0.114. The van der Waals surface area contributed by atoms with Gasteiger partial charge in [0.15, 0.2) is 5.82 Å². The van der Waals surface area contributed by atoms with E-state index in [2.05, 4.69) is 15.3 Å². The van der Waals surface area contributed by atoms with Gasteiger partial charge >= 0.3 is 0 Å². The number of hydrogen-bond acceptors (Lipinski definition) is 5. The van der Waals surface area contributed by atoms with E-state index in [4.69, 9.17) is 4.98 Å². The van der Waals surface area contributed by atoms with Gasteiger partial charge in [0.1, 0.15) is 5.82 Å². The van der Waals surface area contributed by atoms with Gasteiger partial charge in [0.05, 0.1) is 12.1 Å². The number of hydrogen-bond donors (Lipinski definition) is 1. The maximum atomic E-state index is 12.7. The Hall–Kier alpha value is -3.80. The van der Waals surface area contributed by atoms with Gasteiger partial charge in [-0.3, -0.25) is 9.78 Å². The predicted molar refractivity (Wildman–Crippen MR) is 121 cm³/mol. The van der Waals surface area contributed by atoms with E-state index in [9.17, 15) is 4.79 Å². The van der Waals surface area contributed by atoms with Crippen molar-refractivity contribution in [2.75, 3.05) is 23.8 Å². The normalized spacial score (nSPS) is 10.8. The lowest BCUT2D eigenvalue weighted by Gasteiger charge is -2.20. The van der Waals surface area contributed by atoms with Gasteiger partial charge in [-0.1, -0.05) is 24.3 Å². The number of carbonyl (C=O) groups excluding carboxylic acids is 1. The molecule has 0 aliphatic rings. The Morgan fingerprint density at radius 3 is 2.63 bits per heavy atom. The highest BCUT2D eigenvalue weighted by Gasteiger charge is 2.16. The molecule has 2 aromatic heterocycles. The molecule has 4 aromatic rings. The third-order valence-corrected chi connectivity index (χ3v) is 5.12. The second-order valence-corrected chi connectivity index (χ2v) is 7.28. The molecule has 1 amide bonds. The monoisotopic (exact) mass is 397 g/mol. The van der Waals surface area contributed by atoms with Crippen LogP contribution in [0.2, 0.25) is 0 Å². The highest BCUT2D eigenvalue weighted by atomic mass is 16.2. The molecule has 30 heavy (non-hydrogen) atoms. The summed E-state index contributed by atoms with van der Waals surface area (Å²) in [6.45, 7) is 4.21. The van der Waals surface area contributed by atoms with Gasteiger partial charge in [0.2, 0.25) is 5.91 Å². The van der Waals surface area contributed by atoms with Gasteiger partial charge in [-0.25, -0.2) is 9.97 Å². The maximum Gasteiger partial charge on any atom is 0.243 e. The summed E-state index contributed by atoms with van der Waals surface area (Å²) < 4.78 is 0. The number of aromatic nitrogens is 3. The molecule has 1 N–H and O–H groups in total. The molecule has 0 fully saturated rings. The summed E-state index contributed by atoms with van der Waals surface area (Å²) in [5.41, 5.74) is 4.70. The van der Waals surface area contributed by atoms with Crippen molar-refractivity contribution in [2.24, 2.45) is 0 Å². The summed E-state index contributed by atoms with van der Waals surface area (Å²) in [4.78, 5) is 28.2. The number of amides is 1. The smallest absolute Gasteiger partial charge is 0.243 e. The van der Waals surface area contributed by atoms with Gasteiger partial charge < -0.3 is 10.2 Å².